The fourth-order valence-electron chi connectivity index (χ4n) is 4.16. The monoisotopic (exact) mass is 584 g/mol. The maximum Gasteiger partial charge on any atom is 0.422 e. The lowest BCUT2D eigenvalue weighted by Gasteiger charge is -2.38. The molecule has 1 aromatic heterocycles. The first-order valence-electron chi connectivity index (χ1n) is 11.3. The Hall–Kier alpha value is -3.54. The molecule has 1 N–H and O–H groups in total. The zero-order valence-corrected chi connectivity index (χ0v) is 22.2. The number of alkyl halides is 3. The molecule has 2 aromatic carbocycles. The zero-order valence-electron chi connectivity index (χ0n) is 20.7. The zero-order chi connectivity index (χ0) is 28.7. The molecule has 0 bridgehead atoms. The van der Waals surface area contributed by atoms with E-state index >= 15 is 0 Å². The minimum atomic E-state index is -5.13. The summed E-state index contributed by atoms with van der Waals surface area (Å²) in [6, 6.07) is 8.62. The van der Waals surface area contributed by atoms with Crippen LogP contribution in [0.2, 0.25) is 10.0 Å². The van der Waals surface area contributed by atoms with E-state index in [1.165, 1.54) is 62.5 Å². The third kappa shape index (κ3) is 5.21. The normalized spacial score (nSPS) is 15.6. The van der Waals surface area contributed by atoms with Crippen LogP contribution in [-0.4, -0.2) is 48.9 Å². The highest BCUT2D eigenvalue weighted by atomic mass is 35.5. The number of halogens is 5. The van der Waals surface area contributed by atoms with Crippen LogP contribution in [0.5, 0.6) is 17.4 Å². The van der Waals surface area contributed by atoms with Gasteiger partial charge in [-0.1, -0.05) is 42.3 Å². The Morgan fingerprint density at radius 1 is 1.15 bits per heavy atom. The van der Waals surface area contributed by atoms with Crippen LogP contribution in [0.4, 0.5) is 18.9 Å². The van der Waals surface area contributed by atoms with Gasteiger partial charge in [-0.15, -0.1) is 0 Å². The molecule has 206 valence electrons. The third-order valence-corrected chi connectivity index (χ3v) is 7.02. The van der Waals surface area contributed by atoms with Crippen LogP contribution in [0.15, 0.2) is 48.7 Å². The molecule has 8 nitrogen and oxygen atoms in total. The Labute approximate surface area is 230 Å². The van der Waals surface area contributed by atoms with Crippen LogP contribution in [0, 0.1) is 0 Å². The van der Waals surface area contributed by atoms with Gasteiger partial charge in [0.05, 0.1) is 18.4 Å². The molecule has 39 heavy (non-hydrogen) atoms. The number of fused-ring (bicyclic) bond motifs is 1. The predicted molar refractivity (Wildman–Crippen MR) is 136 cm³/mol. The van der Waals surface area contributed by atoms with Crippen molar-refractivity contribution in [3.8, 4) is 17.4 Å². The maximum atomic E-state index is 14.5. The van der Waals surface area contributed by atoms with E-state index in [-0.39, 0.29) is 50.8 Å². The second-order valence-corrected chi connectivity index (χ2v) is 9.51. The lowest BCUT2D eigenvalue weighted by atomic mass is 9.77. The number of ether oxygens (including phenoxy) is 3. The van der Waals surface area contributed by atoms with Gasteiger partial charge in [0.15, 0.2) is 12.2 Å². The summed E-state index contributed by atoms with van der Waals surface area (Å²) in [6.45, 7) is 0.937. The first kappa shape index (κ1) is 28.5. The van der Waals surface area contributed by atoms with Crippen molar-refractivity contribution in [3.05, 3.63) is 75.4 Å². The lowest BCUT2D eigenvalue weighted by Crippen LogP contribution is -2.47. The van der Waals surface area contributed by atoms with Crippen molar-refractivity contribution in [1.29, 1.82) is 0 Å². The first-order valence-corrected chi connectivity index (χ1v) is 12.1. The molecule has 2 heterocycles. The van der Waals surface area contributed by atoms with Gasteiger partial charge >= 0.3 is 12.1 Å². The summed E-state index contributed by atoms with van der Waals surface area (Å²) in [5, 5.41) is 11.1. The topological polar surface area (TPSA) is 98.2 Å². The molecule has 1 aliphatic rings. The first-order chi connectivity index (χ1) is 18.3. The van der Waals surface area contributed by atoms with Crippen molar-refractivity contribution >= 4 is 40.8 Å². The molecule has 0 saturated heterocycles. The van der Waals surface area contributed by atoms with Crippen molar-refractivity contribution in [2.75, 3.05) is 25.7 Å². The summed E-state index contributed by atoms with van der Waals surface area (Å²) in [7, 11) is 2.60. The molecule has 4 rings (SSSR count). The molecule has 0 radical (unpaired) electrons. The molecule has 1 aliphatic heterocycles. The summed E-state index contributed by atoms with van der Waals surface area (Å²) >= 11 is 12.5. The van der Waals surface area contributed by atoms with Crippen LogP contribution in [-0.2, 0) is 15.1 Å². The number of rotatable bonds is 6. The number of amides is 1. The van der Waals surface area contributed by atoms with Crippen LogP contribution in [0.1, 0.15) is 34.3 Å². The van der Waals surface area contributed by atoms with Gasteiger partial charge in [0.25, 0.3) is 5.91 Å². The SMILES string of the molecule is COC(=O)c1cnc(Oc2ccc([C@H](C)[C@](O)(c3ccc4c(c3)N(C)C(=O)CO4)C(F)(F)F)c(Cl)c2)c(Cl)c1. The second kappa shape index (κ2) is 10.6. The summed E-state index contributed by atoms with van der Waals surface area (Å²) in [4.78, 5) is 28.8. The van der Waals surface area contributed by atoms with E-state index < -0.39 is 35.1 Å². The molecule has 0 aliphatic carbocycles. The van der Waals surface area contributed by atoms with E-state index in [9.17, 15) is 27.9 Å². The fraction of sp³-hybridized carbons (Fsp3) is 0.269. The minimum absolute atomic E-state index is 0.0160. The number of anilines is 1. The van der Waals surface area contributed by atoms with E-state index in [0.29, 0.717) is 0 Å². The average molecular weight is 585 g/mol. The minimum Gasteiger partial charge on any atom is -0.482 e. The van der Waals surface area contributed by atoms with Crippen molar-refractivity contribution in [1.82, 2.24) is 4.98 Å². The van der Waals surface area contributed by atoms with Gasteiger partial charge in [-0.2, -0.15) is 13.2 Å². The summed E-state index contributed by atoms with van der Waals surface area (Å²) in [5.41, 5.74) is -3.72. The van der Waals surface area contributed by atoms with Crippen molar-refractivity contribution in [2.45, 2.75) is 24.6 Å². The smallest absolute Gasteiger partial charge is 0.422 e. The van der Waals surface area contributed by atoms with Crippen molar-refractivity contribution < 1.29 is 42.1 Å². The number of carbonyl (C=O) groups excluding carboxylic acids is 2. The molecule has 0 unspecified atom stereocenters. The van der Waals surface area contributed by atoms with Gasteiger partial charge < -0.3 is 24.2 Å². The number of aromatic nitrogens is 1. The highest BCUT2D eigenvalue weighted by molar-refractivity contribution is 6.32. The molecular weight excluding hydrogens is 564 g/mol. The molecule has 0 saturated carbocycles. The summed E-state index contributed by atoms with van der Waals surface area (Å²) in [6.07, 6.45) is -3.95. The number of nitrogens with zero attached hydrogens (tertiary/aromatic N) is 2. The van der Waals surface area contributed by atoms with E-state index in [4.69, 9.17) is 32.7 Å². The number of likely N-dealkylation sites (N-methyl/N-ethyl adjacent to an activating group) is 1. The average Bonchev–Trinajstić information content (AvgIpc) is 2.90. The highest BCUT2D eigenvalue weighted by Crippen LogP contribution is 2.51. The fourth-order valence-corrected chi connectivity index (χ4v) is 4.70. The van der Waals surface area contributed by atoms with Gasteiger partial charge in [-0.05, 0) is 41.5 Å². The predicted octanol–water partition coefficient (Wildman–Crippen LogP) is 5.88. The number of hydrogen-bond acceptors (Lipinski definition) is 7. The van der Waals surface area contributed by atoms with Gasteiger partial charge in [0.2, 0.25) is 5.88 Å². The van der Waals surface area contributed by atoms with Gasteiger partial charge in [0.1, 0.15) is 16.5 Å². The number of hydrogen-bond donors (Lipinski definition) is 1. The van der Waals surface area contributed by atoms with Gasteiger partial charge in [-0.3, -0.25) is 4.79 Å². The largest absolute Gasteiger partial charge is 0.482 e. The van der Waals surface area contributed by atoms with E-state index in [1.54, 1.807) is 0 Å². The Morgan fingerprint density at radius 3 is 2.49 bits per heavy atom. The molecule has 1 amide bonds. The van der Waals surface area contributed by atoms with E-state index in [2.05, 4.69) is 9.72 Å². The third-order valence-electron chi connectivity index (χ3n) is 6.43. The Bertz CT molecular complexity index is 1450. The number of methoxy groups -OCH3 is 1. The molecule has 0 fully saturated rings. The van der Waals surface area contributed by atoms with Crippen LogP contribution in [0.3, 0.4) is 0 Å². The Morgan fingerprint density at radius 2 is 1.87 bits per heavy atom. The molecule has 13 heteroatoms. The standard InChI is InChI=1S/C26H21Cl2F3N2O6/c1-13(25(36,26(29,30)31)15-4-7-21-20(9-15)33(2)22(34)12-38-21)17-6-5-16(10-18(17)27)39-23-19(28)8-14(11-32-23)24(35)37-3/h4-11,13,36H,12H2,1-3H3/t13-,25-/m0/s1. The Balaban J connectivity index is 1.68. The molecular formula is C26H21Cl2F3N2O6. The second-order valence-electron chi connectivity index (χ2n) is 8.70. The molecule has 3 aromatic rings. The maximum absolute atomic E-state index is 14.5. The Kier molecular flexibility index (Phi) is 7.70. The highest BCUT2D eigenvalue weighted by Gasteiger charge is 2.59. The van der Waals surface area contributed by atoms with E-state index in [0.717, 1.165) is 12.1 Å². The number of pyridine rings is 1. The van der Waals surface area contributed by atoms with Crippen molar-refractivity contribution in [3.63, 3.8) is 0 Å². The van der Waals surface area contributed by atoms with E-state index in [1.807, 2.05) is 0 Å². The number of carbonyl (C=O) groups is 2. The van der Waals surface area contributed by atoms with Gasteiger partial charge in [-0.25, -0.2) is 9.78 Å². The summed E-state index contributed by atoms with van der Waals surface area (Å²) < 4.78 is 59.0. The summed E-state index contributed by atoms with van der Waals surface area (Å²) in [5.74, 6) is -2.47. The van der Waals surface area contributed by atoms with Gasteiger partial charge in [0, 0.05) is 24.2 Å². The lowest BCUT2D eigenvalue weighted by molar-refractivity contribution is -0.274. The quantitative estimate of drug-likeness (QED) is 0.361. The number of esters is 1. The molecule has 0 spiro atoms. The molecule has 2 atom stereocenters. The van der Waals surface area contributed by atoms with Crippen LogP contribution >= 0.6 is 23.2 Å². The number of aliphatic hydroxyl groups is 1. The number of benzene rings is 2. The van der Waals surface area contributed by atoms with Crippen molar-refractivity contribution in [2.24, 2.45) is 0 Å². The van der Waals surface area contributed by atoms with Crippen LogP contribution < -0.4 is 14.4 Å². The van der Waals surface area contributed by atoms with Crippen LogP contribution in [0.25, 0.3) is 0 Å².